The Balaban J connectivity index is 2.32. The molecule has 0 spiro atoms. The van der Waals surface area contributed by atoms with Gasteiger partial charge in [-0.25, -0.2) is 0 Å². The lowest BCUT2D eigenvalue weighted by Gasteiger charge is -2.16. The zero-order valence-electron chi connectivity index (χ0n) is 10.6. The molecule has 0 bridgehead atoms. The minimum Gasteiger partial charge on any atom is -0.387 e. The van der Waals surface area contributed by atoms with Crippen molar-refractivity contribution in [3.8, 4) is 0 Å². The van der Waals surface area contributed by atoms with Crippen LogP contribution in [-0.4, -0.2) is 19.0 Å². The van der Waals surface area contributed by atoms with E-state index in [1.807, 2.05) is 6.92 Å². The SMILES string of the molecule is CNc1c(C(=O)NC2CC2C)cccc1C(F)(F)F. The van der Waals surface area contributed by atoms with Crippen molar-refractivity contribution in [1.29, 1.82) is 0 Å². The summed E-state index contributed by atoms with van der Waals surface area (Å²) in [4.78, 5) is 12.0. The molecule has 3 nitrogen and oxygen atoms in total. The van der Waals surface area contributed by atoms with E-state index in [1.54, 1.807) is 0 Å². The first-order chi connectivity index (χ1) is 8.84. The lowest BCUT2D eigenvalue weighted by Crippen LogP contribution is -2.28. The van der Waals surface area contributed by atoms with Crippen molar-refractivity contribution < 1.29 is 18.0 Å². The summed E-state index contributed by atoms with van der Waals surface area (Å²) in [5.74, 6) is -0.0717. The fourth-order valence-electron chi connectivity index (χ4n) is 2.02. The molecule has 2 atom stereocenters. The second kappa shape index (κ2) is 4.75. The van der Waals surface area contributed by atoms with E-state index in [1.165, 1.54) is 19.2 Å². The molecule has 0 aromatic heterocycles. The van der Waals surface area contributed by atoms with Crippen LogP contribution in [0, 0.1) is 5.92 Å². The number of rotatable bonds is 3. The lowest BCUT2D eigenvalue weighted by molar-refractivity contribution is -0.136. The van der Waals surface area contributed by atoms with Crippen molar-refractivity contribution in [3.63, 3.8) is 0 Å². The van der Waals surface area contributed by atoms with Gasteiger partial charge in [-0.05, 0) is 24.5 Å². The smallest absolute Gasteiger partial charge is 0.387 e. The first kappa shape index (κ1) is 13.7. The number of benzene rings is 1. The average Bonchev–Trinajstić information content (AvgIpc) is 3.02. The molecule has 0 saturated heterocycles. The normalized spacial score (nSPS) is 21.9. The molecule has 2 N–H and O–H groups in total. The summed E-state index contributed by atoms with van der Waals surface area (Å²) in [6.45, 7) is 1.98. The molecule has 1 fully saturated rings. The molecule has 1 amide bonds. The molecule has 19 heavy (non-hydrogen) atoms. The minimum atomic E-state index is -4.48. The molecule has 6 heteroatoms. The Morgan fingerprint density at radius 2 is 2.00 bits per heavy atom. The fourth-order valence-corrected chi connectivity index (χ4v) is 2.02. The van der Waals surface area contributed by atoms with Gasteiger partial charge in [0.05, 0.1) is 16.8 Å². The standard InChI is InChI=1S/C13H15F3N2O/c1-7-6-10(7)18-12(19)8-4-3-5-9(11(8)17-2)13(14,15)16/h3-5,7,10,17H,6H2,1-2H3,(H,18,19). The predicted molar refractivity (Wildman–Crippen MR) is 66.0 cm³/mol. The number of halogens is 3. The maximum atomic E-state index is 12.8. The number of alkyl halides is 3. The molecule has 1 aromatic rings. The van der Waals surface area contributed by atoms with Gasteiger partial charge < -0.3 is 10.6 Å². The van der Waals surface area contributed by atoms with Crippen LogP contribution in [-0.2, 0) is 6.18 Å². The van der Waals surface area contributed by atoms with Crippen LogP contribution in [0.25, 0.3) is 0 Å². The van der Waals surface area contributed by atoms with Gasteiger partial charge in [0.2, 0.25) is 0 Å². The number of carbonyl (C=O) groups excluding carboxylic acids is 1. The molecule has 104 valence electrons. The highest BCUT2D eigenvalue weighted by Gasteiger charge is 2.37. The Bertz CT molecular complexity index is 499. The molecule has 1 aliphatic rings. The monoisotopic (exact) mass is 272 g/mol. The van der Waals surface area contributed by atoms with E-state index >= 15 is 0 Å². The molecule has 2 rings (SSSR count). The van der Waals surface area contributed by atoms with E-state index in [0.717, 1.165) is 12.5 Å². The van der Waals surface area contributed by atoms with Crippen LogP contribution in [0.3, 0.4) is 0 Å². The Morgan fingerprint density at radius 3 is 2.47 bits per heavy atom. The van der Waals surface area contributed by atoms with Gasteiger partial charge in [0.15, 0.2) is 0 Å². The highest BCUT2D eigenvalue weighted by Crippen LogP contribution is 2.37. The number of para-hydroxylation sites is 1. The van der Waals surface area contributed by atoms with Crippen molar-refractivity contribution >= 4 is 11.6 Å². The average molecular weight is 272 g/mol. The highest BCUT2D eigenvalue weighted by atomic mass is 19.4. The van der Waals surface area contributed by atoms with E-state index < -0.39 is 17.6 Å². The van der Waals surface area contributed by atoms with E-state index in [4.69, 9.17) is 0 Å². The minimum absolute atomic E-state index is 0.0245. The first-order valence-corrected chi connectivity index (χ1v) is 6.03. The van der Waals surface area contributed by atoms with Crippen LogP contribution < -0.4 is 10.6 Å². The van der Waals surface area contributed by atoms with Gasteiger partial charge >= 0.3 is 6.18 Å². The third-order valence-electron chi connectivity index (χ3n) is 3.29. The molecular formula is C13H15F3N2O. The van der Waals surface area contributed by atoms with Crippen LogP contribution in [0.4, 0.5) is 18.9 Å². The number of carbonyl (C=O) groups is 1. The Labute approximate surface area is 109 Å². The molecule has 0 heterocycles. The maximum absolute atomic E-state index is 12.8. The summed E-state index contributed by atoms with van der Waals surface area (Å²) in [7, 11) is 1.38. The molecule has 1 aromatic carbocycles. The van der Waals surface area contributed by atoms with E-state index in [2.05, 4.69) is 10.6 Å². The number of nitrogens with one attached hydrogen (secondary N) is 2. The zero-order chi connectivity index (χ0) is 14.2. The van der Waals surface area contributed by atoms with Gasteiger partial charge in [-0.15, -0.1) is 0 Å². The fraction of sp³-hybridized carbons (Fsp3) is 0.462. The summed E-state index contributed by atoms with van der Waals surface area (Å²) >= 11 is 0. The quantitative estimate of drug-likeness (QED) is 0.888. The third kappa shape index (κ3) is 2.83. The zero-order valence-corrected chi connectivity index (χ0v) is 10.6. The van der Waals surface area contributed by atoms with Crippen LogP contribution in [0.2, 0.25) is 0 Å². The number of amides is 1. The first-order valence-electron chi connectivity index (χ1n) is 6.03. The van der Waals surface area contributed by atoms with Crippen LogP contribution in [0.5, 0.6) is 0 Å². The summed E-state index contributed by atoms with van der Waals surface area (Å²) in [6.07, 6.45) is -3.61. The number of hydrogen-bond acceptors (Lipinski definition) is 2. The molecule has 2 unspecified atom stereocenters. The summed E-state index contributed by atoms with van der Waals surface area (Å²) in [6, 6.07) is 3.67. The molecule has 1 saturated carbocycles. The topological polar surface area (TPSA) is 41.1 Å². The predicted octanol–water partition coefficient (Wildman–Crippen LogP) is 2.89. The Kier molecular flexibility index (Phi) is 3.43. The van der Waals surface area contributed by atoms with Crippen LogP contribution >= 0.6 is 0 Å². The van der Waals surface area contributed by atoms with Crippen molar-refractivity contribution in [2.45, 2.75) is 25.6 Å². The highest BCUT2D eigenvalue weighted by molar-refractivity contribution is 6.00. The van der Waals surface area contributed by atoms with E-state index in [0.29, 0.717) is 5.92 Å². The molecule has 0 aliphatic heterocycles. The van der Waals surface area contributed by atoms with Crippen molar-refractivity contribution in [2.24, 2.45) is 5.92 Å². The van der Waals surface area contributed by atoms with Crippen LogP contribution in [0.1, 0.15) is 29.3 Å². The second-order valence-corrected chi connectivity index (χ2v) is 4.77. The Hall–Kier alpha value is -1.72. The van der Waals surface area contributed by atoms with Crippen molar-refractivity contribution in [3.05, 3.63) is 29.3 Å². The van der Waals surface area contributed by atoms with Crippen LogP contribution in [0.15, 0.2) is 18.2 Å². The maximum Gasteiger partial charge on any atom is 0.418 e. The van der Waals surface area contributed by atoms with Gasteiger partial charge in [0.1, 0.15) is 0 Å². The van der Waals surface area contributed by atoms with Gasteiger partial charge in [0, 0.05) is 13.1 Å². The lowest BCUT2D eigenvalue weighted by atomic mass is 10.1. The summed E-state index contributed by atoms with van der Waals surface area (Å²) < 4.78 is 38.5. The number of hydrogen-bond donors (Lipinski definition) is 2. The van der Waals surface area contributed by atoms with E-state index in [-0.39, 0.29) is 17.3 Å². The van der Waals surface area contributed by atoms with Gasteiger partial charge in [-0.2, -0.15) is 13.2 Å². The largest absolute Gasteiger partial charge is 0.418 e. The van der Waals surface area contributed by atoms with Gasteiger partial charge in [-0.1, -0.05) is 13.0 Å². The summed E-state index contributed by atoms with van der Waals surface area (Å²) in [5, 5.41) is 5.20. The van der Waals surface area contributed by atoms with E-state index in [9.17, 15) is 18.0 Å². The Morgan fingerprint density at radius 1 is 1.37 bits per heavy atom. The molecular weight excluding hydrogens is 257 g/mol. The van der Waals surface area contributed by atoms with Gasteiger partial charge in [-0.3, -0.25) is 4.79 Å². The number of anilines is 1. The van der Waals surface area contributed by atoms with Gasteiger partial charge in [0.25, 0.3) is 5.91 Å². The third-order valence-corrected chi connectivity index (χ3v) is 3.29. The molecule has 0 radical (unpaired) electrons. The summed E-state index contributed by atoms with van der Waals surface area (Å²) in [5.41, 5.74) is -0.983. The second-order valence-electron chi connectivity index (χ2n) is 4.77. The van der Waals surface area contributed by atoms with Crippen molar-refractivity contribution in [1.82, 2.24) is 5.32 Å². The van der Waals surface area contributed by atoms with Crippen molar-refractivity contribution in [2.75, 3.05) is 12.4 Å². The molecule has 1 aliphatic carbocycles.